The number of aliphatic hydroxyl groups is 5. The minimum absolute atomic E-state index is 0.296. The molecule has 0 aromatic heterocycles. The Bertz CT molecular complexity index is 322. The van der Waals surface area contributed by atoms with Crippen LogP contribution in [0.4, 0.5) is 0 Å². The van der Waals surface area contributed by atoms with Gasteiger partial charge in [0, 0.05) is 13.5 Å². The zero-order chi connectivity index (χ0) is 14.8. The Balaban J connectivity index is 2.88. The summed E-state index contributed by atoms with van der Waals surface area (Å²) in [5, 5.41) is 56.9. The predicted octanol–water partition coefficient (Wildman–Crippen LogP) is -3.36. The summed E-state index contributed by atoms with van der Waals surface area (Å²) in [7, 11) is 1.26. The van der Waals surface area contributed by atoms with Crippen LogP contribution in [0.25, 0.3) is 0 Å². The van der Waals surface area contributed by atoms with Crippen molar-refractivity contribution in [1.82, 2.24) is 0 Å². The fraction of sp³-hybridized carbons (Fsp3) is 0.900. The number of rotatable bonds is 5. The lowest BCUT2D eigenvalue weighted by Crippen LogP contribution is -2.63. The van der Waals surface area contributed by atoms with Gasteiger partial charge in [0.2, 0.25) is 0 Å². The van der Waals surface area contributed by atoms with E-state index in [9.17, 15) is 30.3 Å². The standard InChI is InChI=1S/C10H18O9/c1-18-3-5(12)7(14)8-6(13)4(11)2-10(17,19-8)9(15)16/h4-8,11-14,17H,2-3H2,1H3,(H,15,16)/t4-,5+,6+,7+,8+,10?/m0/s1. The molecule has 0 aliphatic carbocycles. The van der Waals surface area contributed by atoms with Crippen molar-refractivity contribution in [3.8, 4) is 0 Å². The predicted molar refractivity (Wildman–Crippen MR) is 58.0 cm³/mol. The number of hydrogen-bond acceptors (Lipinski definition) is 8. The summed E-state index contributed by atoms with van der Waals surface area (Å²) in [4.78, 5) is 10.9. The van der Waals surface area contributed by atoms with Gasteiger partial charge in [0.25, 0.3) is 5.79 Å². The van der Waals surface area contributed by atoms with Crippen LogP contribution in [-0.2, 0) is 14.3 Å². The van der Waals surface area contributed by atoms with E-state index >= 15 is 0 Å². The third kappa shape index (κ3) is 3.39. The van der Waals surface area contributed by atoms with Crippen LogP contribution in [0.15, 0.2) is 0 Å². The zero-order valence-electron chi connectivity index (χ0n) is 10.2. The van der Waals surface area contributed by atoms with E-state index in [1.54, 1.807) is 0 Å². The molecule has 9 nitrogen and oxygen atoms in total. The number of carboxylic acid groups (broad SMARTS) is 1. The van der Waals surface area contributed by atoms with Gasteiger partial charge in [-0.05, 0) is 0 Å². The molecule has 6 atom stereocenters. The van der Waals surface area contributed by atoms with Crippen LogP contribution >= 0.6 is 0 Å². The number of hydrogen-bond donors (Lipinski definition) is 6. The van der Waals surface area contributed by atoms with Gasteiger partial charge in [-0.1, -0.05) is 0 Å². The molecule has 1 saturated heterocycles. The number of ether oxygens (including phenoxy) is 2. The van der Waals surface area contributed by atoms with E-state index in [-0.39, 0.29) is 6.61 Å². The van der Waals surface area contributed by atoms with Crippen LogP contribution < -0.4 is 0 Å². The molecule has 112 valence electrons. The first-order chi connectivity index (χ1) is 8.73. The van der Waals surface area contributed by atoms with Crippen LogP contribution in [0.2, 0.25) is 0 Å². The SMILES string of the molecule is COC[C@@H](O)[C@@H](O)[C@@H]1OC(O)(C(=O)O)C[C@H](O)[C@H]1O. The summed E-state index contributed by atoms with van der Waals surface area (Å²) in [6.45, 7) is -0.296. The van der Waals surface area contributed by atoms with Crippen LogP contribution in [0.5, 0.6) is 0 Å². The Morgan fingerprint density at radius 2 is 2.05 bits per heavy atom. The van der Waals surface area contributed by atoms with Crippen molar-refractivity contribution in [2.45, 2.75) is 42.7 Å². The van der Waals surface area contributed by atoms with Crippen molar-refractivity contribution in [2.75, 3.05) is 13.7 Å². The summed E-state index contributed by atoms with van der Waals surface area (Å²) < 4.78 is 9.32. The van der Waals surface area contributed by atoms with Gasteiger partial charge in [-0.3, -0.25) is 0 Å². The molecular formula is C10H18O9. The molecule has 9 heteroatoms. The van der Waals surface area contributed by atoms with Crippen molar-refractivity contribution in [3.63, 3.8) is 0 Å². The Morgan fingerprint density at radius 3 is 2.53 bits per heavy atom. The Labute approximate surface area is 108 Å². The Kier molecular flexibility index (Phi) is 5.21. The van der Waals surface area contributed by atoms with Gasteiger partial charge >= 0.3 is 5.97 Å². The van der Waals surface area contributed by atoms with E-state index in [2.05, 4.69) is 4.74 Å². The summed E-state index contributed by atoms with van der Waals surface area (Å²) in [5.41, 5.74) is 0. The summed E-state index contributed by atoms with van der Waals surface area (Å²) >= 11 is 0. The normalized spacial score (nSPS) is 38.7. The summed E-state index contributed by atoms with van der Waals surface area (Å²) in [5.74, 6) is -4.51. The highest BCUT2D eigenvalue weighted by Crippen LogP contribution is 2.30. The molecule has 6 N–H and O–H groups in total. The Morgan fingerprint density at radius 1 is 1.47 bits per heavy atom. The smallest absolute Gasteiger partial charge is 0.364 e. The van der Waals surface area contributed by atoms with Crippen molar-refractivity contribution < 1.29 is 44.9 Å². The first-order valence-corrected chi connectivity index (χ1v) is 5.57. The number of methoxy groups -OCH3 is 1. The van der Waals surface area contributed by atoms with Gasteiger partial charge < -0.3 is 40.1 Å². The molecule has 1 aliphatic heterocycles. The third-order valence-corrected chi connectivity index (χ3v) is 2.95. The maximum atomic E-state index is 10.9. The lowest BCUT2D eigenvalue weighted by molar-refractivity contribution is -0.313. The molecular weight excluding hydrogens is 264 g/mol. The average Bonchev–Trinajstić information content (AvgIpc) is 2.33. The fourth-order valence-electron chi connectivity index (χ4n) is 1.86. The zero-order valence-corrected chi connectivity index (χ0v) is 10.2. The molecule has 0 amide bonds. The summed E-state index contributed by atoms with van der Waals surface area (Å²) in [6.07, 6.45) is -8.92. The average molecular weight is 282 g/mol. The second-order valence-electron chi connectivity index (χ2n) is 4.45. The highest BCUT2D eigenvalue weighted by atomic mass is 16.7. The van der Waals surface area contributed by atoms with E-state index in [0.29, 0.717) is 0 Å². The minimum Gasteiger partial charge on any atom is -0.477 e. The van der Waals surface area contributed by atoms with Gasteiger partial charge in [-0.15, -0.1) is 0 Å². The molecule has 0 aromatic rings. The maximum Gasteiger partial charge on any atom is 0.364 e. The number of carbonyl (C=O) groups is 1. The van der Waals surface area contributed by atoms with Gasteiger partial charge in [0.05, 0.1) is 12.7 Å². The molecule has 0 radical (unpaired) electrons. The molecule has 19 heavy (non-hydrogen) atoms. The monoisotopic (exact) mass is 282 g/mol. The summed E-state index contributed by atoms with van der Waals surface area (Å²) in [6, 6.07) is 0. The second-order valence-corrected chi connectivity index (χ2v) is 4.45. The van der Waals surface area contributed by atoms with Crippen LogP contribution in [-0.4, -0.2) is 86.6 Å². The second kappa shape index (κ2) is 6.09. The van der Waals surface area contributed by atoms with Crippen molar-refractivity contribution in [1.29, 1.82) is 0 Å². The molecule has 1 rings (SSSR count). The van der Waals surface area contributed by atoms with Gasteiger partial charge in [0.1, 0.15) is 24.4 Å². The van der Waals surface area contributed by atoms with Gasteiger partial charge in [-0.2, -0.15) is 0 Å². The van der Waals surface area contributed by atoms with Crippen molar-refractivity contribution in [2.24, 2.45) is 0 Å². The number of aliphatic carboxylic acids is 1. The first-order valence-electron chi connectivity index (χ1n) is 5.57. The van der Waals surface area contributed by atoms with Gasteiger partial charge in [-0.25, -0.2) is 4.79 Å². The molecule has 1 fully saturated rings. The van der Waals surface area contributed by atoms with E-state index in [0.717, 1.165) is 0 Å². The van der Waals surface area contributed by atoms with E-state index in [1.165, 1.54) is 7.11 Å². The van der Waals surface area contributed by atoms with Crippen LogP contribution in [0, 0.1) is 0 Å². The maximum absolute atomic E-state index is 10.9. The van der Waals surface area contributed by atoms with Crippen LogP contribution in [0.3, 0.4) is 0 Å². The van der Waals surface area contributed by atoms with Crippen molar-refractivity contribution in [3.05, 3.63) is 0 Å². The lowest BCUT2D eigenvalue weighted by Gasteiger charge is -2.42. The lowest BCUT2D eigenvalue weighted by atomic mass is 9.91. The molecule has 0 aromatic carbocycles. The minimum atomic E-state index is -2.74. The van der Waals surface area contributed by atoms with E-state index in [4.69, 9.17) is 9.84 Å². The first kappa shape index (κ1) is 16.2. The molecule has 1 aliphatic rings. The van der Waals surface area contributed by atoms with Crippen molar-refractivity contribution >= 4 is 5.97 Å². The molecule has 0 spiro atoms. The van der Waals surface area contributed by atoms with E-state index in [1.807, 2.05) is 0 Å². The molecule has 1 unspecified atom stereocenters. The van der Waals surface area contributed by atoms with Gasteiger partial charge in [0.15, 0.2) is 0 Å². The largest absolute Gasteiger partial charge is 0.477 e. The van der Waals surface area contributed by atoms with Crippen LogP contribution in [0.1, 0.15) is 6.42 Å². The Hall–Kier alpha value is -0.810. The number of carboxylic acids is 1. The quantitative estimate of drug-likeness (QED) is 0.303. The van der Waals surface area contributed by atoms with E-state index < -0.39 is 48.7 Å². The topological polar surface area (TPSA) is 157 Å². The third-order valence-electron chi connectivity index (χ3n) is 2.95. The molecule has 0 saturated carbocycles. The highest BCUT2D eigenvalue weighted by molar-refractivity contribution is 5.75. The molecule has 1 heterocycles. The number of aliphatic hydroxyl groups excluding tert-OH is 4. The highest BCUT2D eigenvalue weighted by Gasteiger charge is 2.53. The molecule has 0 bridgehead atoms. The fourth-order valence-corrected chi connectivity index (χ4v) is 1.86.